The van der Waals surface area contributed by atoms with Crippen LogP contribution in [0, 0.1) is 0 Å². The zero-order valence-corrected chi connectivity index (χ0v) is 8.14. The maximum absolute atomic E-state index is 11.3. The molecule has 70 valence electrons. The van der Waals surface area contributed by atoms with Crippen molar-refractivity contribution >= 4 is 9.84 Å². The van der Waals surface area contributed by atoms with Gasteiger partial charge in [0.15, 0.2) is 9.84 Å². The first-order chi connectivity index (χ1) is 6.09. The third-order valence-corrected chi connectivity index (χ3v) is 3.52. The fourth-order valence-corrected chi connectivity index (χ4v) is 2.72. The molecule has 1 aromatic carbocycles. The zero-order chi connectivity index (χ0) is 9.47. The first kappa shape index (κ1) is 8.72. The normalized spacial score (nSPS) is 21.5. The van der Waals surface area contributed by atoms with Gasteiger partial charge in [-0.3, -0.25) is 5.32 Å². The van der Waals surface area contributed by atoms with E-state index in [1.54, 1.807) is 0 Å². The molecular formula is C9H11NO2S. The molecule has 1 aliphatic rings. The van der Waals surface area contributed by atoms with Crippen LogP contribution in [0.4, 0.5) is 0 Å². The lowest BCUT2D eigenvalue weighted by molar-refractivity contribution is 0.574. The van der Waals surface area contributed by atoms with Crippen LogP contribution in [0.15, 0.2) is 24.3 Å². The lowest BCUT2D eigenvalue weighted by Gasteiger charge is -2.08. The maximum Gasteiger partial charge on any atom is 0.167 e. The number of sulfone groups is 1. The monoisotopic (exact) mass is 197 g/mol. The predicted octanol–water partition coefficient (Wildman–Crippen LogP) is 0.833. The van der Waals surface area contributed by atoms with Crippen LogP contribution in [0.2, 0.25) is 0 Å². The largest absolute Gasteiger partial charge is 0.293 e. The third-order valence-electron chi connectivity index (χ3n) is 2.24. The van der Waals surface area contributed by atoms with Gasteiger partial charge in [-0.15, -0.1) is 0 Å². The van der Waals surface area contributed by atoms with Crippen LogP contribution >= 0.6 is 0 Å². The van der Waals surface area contributed by atoms with Gasteiger partial charge in [-0.25, -0.2) is 8.42 Å². The molecule has 0 saturated carbocycles. The molecule has 1 aliphatic heterocycles. The Labute approximate surface area is 77.7 Å². The summed E-state index contributed by atoms with van der Waals surface area (Å²) in [5, 5.41) is 2.46. The van der Waals surface area contributed by atoms with Gasteiger partial charge in [0, 0.05) is 12.8 Å². The Balaban J connectivity index is 2.51. The molecule has 0 saturated heterocycles. The van der Waals surface area contributed by atoms with Gasteiger partial charge in [0.1, 0.15) is 5.37 Å². The fourth-order valence-electron chi connectivity index (χ4n) is 1.65. The highest BCUT2D eigenvalue weighted by Crippen LogP contribution is 2.28. The number of fused-ring (bicyclic) bond motifs is 1. The topological polar surface area (TPSA) is 46.2 Å². The van der Waals surface area contributed by atoms with Crippen LogP contribution in [0.1, 0.15) is 16.5 Å². The van der Waals surface area contributed by atoms with Crippen LogP contribution in [-0.4, -0.2) is 14.7 Å². The van der Waals surface area contributed by atoms with E-state index in [0.717, 1.165) is 11.1 Å². The van der Waals surface area contributed by atoms with Crippen molar-refractivity contribution in [1.29, 1.82) is 0 Å². The van der Waals surface area contributed by atoms with Gasteiger partial charge >= 0.3 is 0 Å². The summed E-state index contributed by atoms with van der Waals surface area (Å²) >= 11 is 0. The highest BCUT2D eigenvalue weighted by Gasteiger charge is 2.29. The maximum atomic E-state index is 11.3. The molecule has 4 heteroatoms. The molecular weight excluding hydrogens is 186 g/mol. The van der Waals surface area contributed by atoms with Crippen LogP contribution in [-0.2, 0) is 16.4 Å². The van der Waals surface area contributed by atoms with Crippen LogP contribution < -0.4 is 5.32 Å². The van der Waals surface area contributed by atoms with Gasteiger partial charge in [-0.1, -0.05) is 24.3 Å². The summed E-state index contributed by atoms with van der Waals surface area (Å²) in [4.78, 5) is 0. The molecule has 0 radical (unpaired) electrons. The van der Waals surface area contributed by atoms with E-state index < -0.39 is 15.2 Å². The molecule has 1 unspecified atom stereocenters. The Kier molecular flexibility index (Phi) is 1.89. The molecule has 0 aliphatic carbocycles. The second-order valence-electron chi connectivity index (χ2n) is 3.29. The summed E-state index contributed by atoms with van der Waals surface area (Å²) in [5.74, 6) is 0. The fraction of sp³-hybridized carbons (Fsp3) is 0.333. The van der Waals surface area contributed by atoms with E-state index in [9.17, 15) is 8.42 Å². The molecule has 3 nitrogen and oxygen atoms in total. The van der Waals surface area contributed by atoms with Crippen LogP contribution in [0.5, 0.6) is 0 Å². The second-order valence-corrected chi connectivity index (χ2v) is 5.42. The van der Waals surface area contributed by atoms with Gasteiger partial charge in [-0.2, -0.15) is 0 Å². The summed E-state index contributed by atoms with van der Waals surface area (Å²) < 4.78 is 22.7. The van der Waals surface area contributed by atoms with Crippen molar-refractivity contribution in [1.82, 2.24) is 5.32 Å². The Bertz CT molecular complexity index is 425. The van der Waals surface area contributed by atoms with E-state index in [-0.39, 0.29) is 0 Å². The van der Waals surface area contributed by atoms with Gasteiger partial charge in [-0.05, 0) is 11.1 Å². The number of nitrogens with one attached hydrogen (secondary N) is 1. The molecule has 0 amide bonds. The Morgan fingerprint density at radius 2 is 2.08 bits per heavy atom. The van der Waals surface area contributed by atoms with Gasteiger partial charge in [0.25, 0.3) is 0 Å². The van der Waals surface area contributed by atoms with Crippen molar-refractivity contribution in [2.45, 2.75) is 11.9 Å². The average Bonchev–Trinajstić information content (AvgIpc) is 2.45. The summed E-state index contributed by atoms with van der Waals surface area (Å²) in [5.41, 5.74) is 1.97. The van der Waals surface area contributed by atoms with Crippen LogP contribution in [0.3, 0.4) is 0 Å². The Morgan fingerprint density at radius 3 is 2.77 bits per heavy atom. The molecule has 1 aromatic rings. The molecule has 1 N–H and O–H groups in total. The van der Waals surface area contributed by atoms with Crippen molar-refractivity contribution < 1.29 is 8.42 Å². The third kappa shape index (κ3) is 1.47. The molecule has 0 spiro atoms. The summed E-state index contributed by atoms with van der Waals surface area (Å²) in [6.45, 7) is 0.647. The standard InChI is InChI=1S/C9H11NO2S/c1-13(11,12)9-8-5-3-2-4-7(8)6-10-9/h2-5,9-10H,6H2,1H3. The van der Waals surface area contributed by atoms with Crippen molar-refractivity contribution in [2.24, 2.45) is 0 Å². The number of rotatable bonds is 1. The van der Waals surface area contributed by atoms with E-state index in [2.05, 4.69) is 5.32 Å². The van der Waals surface area contributed by atoms with Crippen molar-refractivity contribution in [3.63, 3.8) is 0 Å². The Hall–Kier alpha value is -0.870. The number of benzene rings is 1. The molecule has 13 heavy (non-hydrogen) atoms. The van der Waals surface area contributed by atoms with Gasteiger partial charge < -0.3 is 0 Å². The minimum Gasteiger partial charge on any atom is -0.293 e. The molecule has 0 fully saturated rings. The lowest BCUT2D eigenvalue weighted by Crippen LogP contribution is -2.20. The SMILES string of the molecule is CS(=O)(=O)C1NCc2ccccc21. The smallest absolute Gasteiger partial charge is 0.167 e. The van der Waals surface area contributed by atoms with E-state index >= 15 is 0 Å². The molecule has 1 heterocycles. The van der Waals surface area contributed by atoms with E-state index in [1.165, 1.54) is 6.26 Å². The molecule has 1 atom stereocenters. The second kappa shape index (κ2) is 2.82. The molecule has 0 aromatic heterocycles. The minimum atomic E-state index is -3.03. The zero-order valence-electron chi connectivity index (χ0n) is 7.32. The van der Waals surface area contributed by atoms with Gasteiger partial charge in [0.2, 0.25) is 0 Å². The predicted molar refractivity (Wildman–Crippen MR) is 50.9 cm³/mol. The van der Waals surface area contributed by atoms with Crippen molar-refractivity contribution in [3.8, 4) is 0 Å². The van der Waals surface area contributed by atoms with E-state index in [1.807, 2.05) is 24.3 Å². The summed E-state index contributed by atoms with van der Waals surface area (Å²) in [7, 11) is -3.03. The van der Waals surface area contributed by atoms with E-state index in [4.69, 9.17) is 0 Å². The highest BCUT2D eigenvalue weighted by atomic mass is 32.2. The molecule has 2 rings (SSSR count). The van der Waals surface area contributed by atoms with Crippen molar-refractivity contribution in [3.05, 3.63) is 35.4 Å². The number of hydrogen-bond acceptors (Lipinski definition) is 3. The highest BCUT2D eigenvalue weighted by molar-refractivity contribution is 7.90. The average molecular weight is 197 g/mol. The minimum absolute atomic E-state index is 0.510. The first-order valence-corrected chi connectivity index (χ1v) is 6.04. The number of hydrogen-bond donors (Lipinski definition) is 1. The van der Waals surface area contributed by atoms with E-state index in [0.29, 0.717) is 6.54 Å². The van der Waals surface area contributed by atoms with Crippen molar-refractivity contribution in [2.75, 3.05) is 6.26 Å². The quantitative estimate of drug-likeness (QED) is 0.725. The summed E-state index contributed by atoms with van der Waals surface area (Å²) in [6, 6.07) is 7.60. The van der Waals surface area contributed by atoms with Crippen LogP contribution in [0.25, 0.3) is 0 Å². The summed E-state index contributed by atoms with van der Waals surface area (Å²) in [6.07, 6.45) is 1.26. The lowest BCUT2D eigenvalue weighted by atomic mass is 10.1. The first-order valence-electron chi connectivity index (χ1n) is 4.09. The molecule has 0 bridgehead atoms. The van der Waals surface area contributed by atoms with Gasteiger partial charge in [0.05, 0.1) is 0 Å². The Morgan fingerprint density at radius 1 is 1.38 bits per heavy atom.